The van der Waals surface area contributed by atoms with Gasteiger partial charge in [0.05, 0.1) is 18.2 Å². The van der Waals surface area contributed by atoms with Crippen LogP contribution in [0.1, 0.15) is 16.7 Å². The summed E-state index contributed by atoms with van der Waals surface area (Å²) in [6, 6.07) is 2.53. The van der Waals surface area contributed by atoms with E-state index in [0.717, 1.165) is 10.9 Å². The summed E-state index contributed by atoms with van der Waals surface area (Å²) in [6.07, 6.45) is 3.14. The normalized spacial score (nSPS) is 12.4. The quantitative estimate of drug-likeness (QED) is 0.624. The molecule has 8 heteroatoms. The standard InChI is InChI=1S/C19H19NO6S/c1-9-7-25-15-6-16-12(4-11(9)15)10(2)13(19(24)26-16)5-17(21)20-14(8-27-3)18(22)23/h4,6-7,14H,5,8H2,1-3H3,(H,20,21)(H,22,23)/t14-/m0/s1. The summed E-state index contributed by atoms with van der Waals surface area (Å²) in [5.41, 5.74) is 2.20. The van der Waals surface area contributed by atoms with E-state index in [-0.39, 0.29) is 17.7 Å². The topological polar surface area (TPSA) is 110 Å². The van der Waals surface area contributed by atoms with Crippen LogP contribution in [0.15, 0.2) is 32.0 Å². The van der Waals surface area contributed by atoms with Gasteiger partial charge in [0, 0.05) is 22.6 Å². The summed E-state index contributed by atoms with van der Waals surface area (Å²) in [4.78, 5) is 35.9. The number of furan rings is 1. The first-order valence-corrected chi connectivity index (χ1v) is 9.66. The van der Waals surface area contributed by atoms with E-state index >= 15 is 0 Å². The molecule has 0 aliphatic carbocycles. The molecule has 0 aliphatic heterocycles. The fraction of sp³-hybridized carbons (Fsp3) is 0.316. The fourth-order valence-electron chi connectivity index (χ4n) is 2.99. The van der Waals surface area contributed by atoms with Crippen LogP contribution in [0.2, 0.25) is 0 Å². The number of amides is 1. The van der Waals surface area contributed by atoms with Gasteiger partial charge in [-0.05, 0) is 37.3 Å². The molecule has 0 bridgehead atoms. The number of thioether (sulfide) groups is 1. The van der Waals surface area contributed by atoms with Crippen LogP contribution in [0, 0.1) is 13.8 Å². The lowest BCUT2D eigenvalue weighted by Crippen LogP contribution is -2.43. The SMILES string of the molecule is CSC[C@H](NC(=O)Cc1c(C)c2cc3c(C)coc3cc2oc1=O)C(=O)O. The van der Waals surface area contributed by atoms with Gasteiger partial charge in [-0.3, -0.25) is 4.79 Å². The second kappa shape index (κ2) is 7.48. The average Bonchev–Trinajstić information content (AvgIpc) is 2.97. The highest BCUT2D eigenvalue weighted by atomic mass is 32.2. The molecule has 0 spiro atoms. The van der Waals surface area contributed by atoms with Gasteiger partial charge in [0.25, 0.3) is 0 Å². The molecule has 3 aromatic rings. The van der Waals surface area contributed by atoms with Crippen molar-refractivity contribution in [3.8, 4) is 0 Å². The van der Waals surface area contributed by atoms with Crippen molar-refractivity contribution >= 4 is 45.6 Å². The fourth-order valence-corrected chi connectivity index (χ4v) is 3.55. The lowest BCUT2D eigenvalue weighted by molar-refractivity contribution is -0.141. The molecule has 1 atom stereocenters. The highest BCUT2D eigenvalue weighted by molar-refractivity contribution is 7.98. The van der Waals surface area contributed by atoms with E-state index in [4.69, 9.17) is 13.9 Å². The number of carboxylic acids is 1. The Morgan fingerprint density at radius 1 is 1.22 bits per heavy atom. The van der Waals surface area contributed by atoms with Crippen molar-refractivity contribution in [1.82, 2.24) is 5.32 Å². The summed E-state index contributed by atoms with van der Waals surface area (Å²) < 4.78 is 10.8. The minimum absolute atomic E-state index is 0.216. The zero-order valence-electron chi connectivity index (χ0n) is 15.1. The third-order valence-electron chi connectivity index (χ3n) is 4.48. The summed E-state index contributed by atoms with van der Waals surface area (Å²) in [5.74, 6) is -1.41. The van der Waals surface area contributed by atoms with Crippen molar-refractivity contribution in [1.29, 1.82) is 0 Å². The van der Waals surface area contributed by atoms with Gasteiger partial charge in [-0.2, -0.15) is 11.8 Å². The molecule has 2 N–H and O–H groups in total. The molecule has 2 aromatic heterocycles. The number of benzene rings is 1. The van der Waals surface area contributed by atoms with Gasteiger partial charge in [-0.1, -0.05) is 0 Å². The largest absolute Gasteiger partial charge is 0.480 e. The maximum atomic E-state index is 12.4. The maximum absolute atomic E-state index is 12.4. The lowest BCUT2D eigenvalue weighted by atomic mass is 10.0. The number of rotatable bonds is 6. The van der Waals surface area contributed by atoms with Gasteiger partial charge >= 0.3 is 11.6 Å². The predicted molar refractivity (Wildman–Crippen MR) is 103 cm³/mol. The Balaban J connectivity index is 1.97. The lowest BCUT2D eigenvalue weighted by Gasteiger charge is -2.14. The minimum Gasteiger partial charge on any atom is -0.480 e. The van der Waals surface area contributed by atoms with Crippen LogP contribution in [-0.4, -0.2) is 35.0 Å². The number of nitrogens with one attached hydrogen (secondary N) is 1. The first-order valence-electron chi connectivity index (χ1n) is 8.27. The molecule has 0 saturated carbocycles. The number of hydrogen-bond donors (Lipinski definition) is 2. The Morgan fingerprint density at radius 2 is 1.96 bits per heavy atom. The van der Waals surface area contributed by atoms with Crippen molar-refractivity contribution in [3.05, 3.63) is 45.5 Å². The van der Waals surface area contributed by atoms with Gasteiger partial charge in [0.2, 0.25) is 5.91 Å². The van der Waals surface area contributed by atoms with E-state index in [9.17, 15) is 14.4 Å². The second-order valence-corrected chi connectivity index (χ2v) is 7.26. The molecule has 0 fully saturated rings. The van der Waals surface area contributed by atoms with E-state index in [1.54, 1.807) is 25.5 Å². The van der Waals surface area contributed by atoms with Crippen LogP contribution in [0.5, 0.6) is 0 Å². The van der Waals surface area contributed by atoms with E-state index in [2.05, 4.69) is 5.32 Å². The van der Waals surface area contributed by atoms with E-state index in [0.29, 0.717) is 22.1 Å². The van der Waals surface area contributed by atoms with Gasteiger partial charge in [0.15, 0.2) is 0 Å². The zero-order valence-corrected chi connectivity index (χ0v) is 15.9. The Bertz CT molecular complexity index is 1100. The molecule has 27 heavy (non-hydrogen) atoms. The van der Waals surface area contributed by atoms with Gasteiger partial charge in [-0.25, -0.2) is 9.59 Å². The zero-order chi connectivity index (χ0) is 19.7. The van der Waals surface area contributed by atoms with Crippen molar-refractivity contribution in [2.45, 2.75) is 26.3 Å². The molecule has 2 heterocycles. The van der Waals surface area contributed by atoms with Crippen LogP contribution in [-0.2, 0) is 16.0 Å². The number of carbonyl (C=O) groups excluding carboxylic acids is 1. The molecule has 1 aromatic carbocycles. The van der Waals surface area contributed by atoms with Crippen LogP contribution in [0.4, 0.5) is 0 Å². The number of carbonyl (C=O) groups is 2. The van der Waals surface area contributed by atoms with E-state index in [1.165, 1.54) is 11.8 Å². The number of aryl methyl sites for hydroxylation is 2. The minimum atomic E-state index is -1.11. The van der Waals surface area contributed by atoms with Crippen LogP contribution < -0.4 is 10.9 Å². The first kappa shape index (κ1) is 19.0. The highest BCUT2D eigenvalue weighted by Crippen LogP contribution is 2.28. The molecule has 1 amide bonds. The Morgan fingerprint density at radius 3 is 2.63 bits per heavy atom. The van der Waals surface area contributed by atoms with Crippen molar-refractivity contribution < 1.29 is 23.5 Å². The monoisotopic (exact) mass is 389 g/mol. The van der Waals surface area contributed by atoms with Gasteiger partial charge in [0.1, 0.15) is 17.2 Å². The summed E-state index contributed by atoms with van der Waals surface area (Å²) in [6.45, 7) is 3.66. The molecule has 142 valence electrons. The van der Waals surface area contributed by atoms with Gasteiger partial charge < -0.3 is 19.3 Å². The summed E-state index contributed by atoms with van der Waals surface area (Å²) in [7, 11) is 0. The molecular formula is C19H19NO6S. The summed E-state index contributed by atoms with van der Waals surface area (Å²) in [5, 5.41) is 13.2. The molecular weight excluding hydrogens is 370 g/mol. The Hall–Kier alpha value is -2.74. The summed E-state index contributed by atoms with van der Waals surface area (Å²) >= 11 is 1.31. The Labute approximate surface area is 158 Å². The predicted octanol–water partition coefficient (Wildman–Crippen LogP) is 2.63. The van der Waals surface area contributed by atoms with Crippen LogP contribution in [0.3, 0.4) is 0 Å². The molecule has 0 radical (unpaired) electrons. The highest BCUT2D eigenvalue weighted by Gasteiger charge is 2.22. The van der Waals surface area contributed by atoms with Crippen LogP contribution in [0.25, 0.3) is 21.9 Å². The number of hydrogen-bond acceptors (Lipinski definition) is 6. The smallest absolute Gasteiger partial charge is 0.340 e. The average molecular weight is 389 g/mol. The molecule has 3 rings (SSSR count). The first-order chi connectivity index (χ1) is 12.8. The number of aliphatic carboxylic acids is 1. The molecule has 0 aliphatic rings. The second-order valence-electron chi connectivity index (χ2n) is 6.35. The number of carboxylic acid groups (broad SMARTS) is 1. The Kier molecular flexibility index (Phi) is 5.27. The van der Waals surface area contributed by atoms with Crippen molar-refractivity contribution in [2.75, 3.05) is 12.0 Å². The number of fused-ring (bicyclic) bond motifs is 2. The molecule has 7 nitrogen and oxygen atoms in total. The molecule has 0 saturated heterocycles. The third kappa shape index (κ3) is 3.71. The van der Waals surface area contributed by atoms with Crippen LogP contribution >= 0.6 is 11.8 Å². The van der Waals surface area contributed by atoms with Gasteiger partial charge in [-0.15, -0.1) is 0 Å². The third-order valence-corrected chi connectivity index (χ3v) is 5.15. The molecule has 0 unspecified atom stereocenters. The van der Waals surface area contributed by atoms with Crippen molar-refractivity contribution in [3.63, 3.8) is 0 Å². The van der Waals surface area contributed by atoms with E-state index < -0.39 is 23.5 Å². The van der Waals surface area contributed by atoms with E-state index in [1.807, 2.05) is 13.0 Å². The maximum Gasteiger partial charge on any atom is 0.340 e. The van der Waals surface area contributed by atoms with Crippen molar-refractivity contribution in [2.24, 2.45) is 0 Å².